The van der Waals surface area contributed by atoms with E-state index in [1.807, 2.05) is 0 Å². The second-order valence-corrected chi connectivity index (χ2v) is 31.6. The molecule has 6 heterocycles. The number of esters is 3. The molecule has 0 amide bonds. The zero-order valence-corrected chi connectivity index (χ0v) is 61.2. The monoisotopic (exact) mass is 1620 g/mol. The van der Waals surface area contributed by atoms with Crippen molar-refractivity contribution in [1.82, 2.24) is 0 Å². The van der Waals surface area contributed by atoms with Crippen molar-refractivity contribution in [2.24, 2.45) is 29.6 Å². The minimum atomic E-state index is -1.96. The number of fused-ring (bicyclic) bond motifs is 1. The number of aliphatic hydroxyl groups excluding tert-OH is 23. The third kappa shape index (κ3) is 21.5. The van der Waals surface area contributed by atoms with Gasteiger partial charge in [0.05, 0.1) is 80.2 Å². The predicted octanol–water partition coefficient (Wildman–Crippen LogP) is -10.3. The van der Waals surface area contributed by atoms with Crippen LogP contribution in [0.25, 0.3) is 0 Å². The summed E-state index contributed by atoms with van der Waals surface area (Å²) in [7, 11) is 0. The van der Waals surface area contributed by atoms with Gasteiger partial charge in [-0.15, -0.1) is 0 Å². The fourth-order valence-corrected chi connectivity index (χ4v) is 17.0. The van der Waals surface area contributed by atoms with E-state index in [2.05, 4.69) is 0 Å². The zero-order chi connectivity index (χ0) is 80.8. The van der Waals surface area contributed by atoms with Crippen LogP contribution in [0.1, 0.15) is 96.3 Å². The number of allylic oxidation sites excluding steroid dienone is 3. The van der Waals surface area contributed by atoms with Crippen LogP contribution in [0.3, 0.4) is 0 Å². The number of aliphatic hydroxyl groups is 25. The molecule has 6 saturated heterocycles. The van der Waals surface area contributed by atoms with Gasteiger partial charge in [-0.2, -0.15) is 0 Å². The third-order valence-corrected chi connectivity index (χ3v) is 23.9. The van der Waals surface area contributed by atoms with Crippen molar-refractivity contribution in [1.29, 1.82) is 0 Å². The lowest BCUT2D eigenvalue weighted by atomic mass is 9.72. The molecule has 640 valence electrons. The highest BCUT2D eigenvalue weighted by atomic mass is 16.8. The van der Waals surface area contributed by atoms with Crippen LogP contribution in [-0.2, 0) is 76.0 Å². The average molecular weight is 1620 g/mol. The standard InChI is InChI=1S/C72H112O40/c73-22-44-52(84)57(89)63(95)69(108-44)104-39-10-2-28(16-37(39)79)5-13-50(82)100-25-47-55(87)60(92)65(97)70(111-47)105-40-11-3-29(17-38(40)80)6-14-51(83)101-26-48-56(88)61(93)66(98)71(112-48)106-42-18-30(7-9-34(42)76)67-43(107-72-64(96)58(90)53(85)45(23-74)109-72)21-32-35(77)19-31(20-41(32)103-67)102-68-62(94)59(91)54(86)46(110-68)24-99-49(81)12-4-27-1-8-33(75)36(78)15-27/h4-6,12-14,27-48,52-80,84-98H,1-3,7-11,15-26H2/p+1/t27?,28?,29?,30?,31?,32?,33?,34?,35?,36?,37?,38?,39?,40?,41?,42?,43?,44-,45-,46-,47-,48-,52-,53-,54-,55-,56-,57+,58+,59+,60+,61+,62-,63-,64-,65-,66-,67?,68-,69-,70-,71-,72-/m1/s1. The molecule has 40 nitrogen and oxygen atoms in total. The Labute approximate surface area is 642 Å². The number of hydrogen-bond acceptors (Lipinski definition) is 39. The molecule has 0 bridgehead atoms. The van der Waals surface area contributed by atoms with Crippen molar-refractivity contribution in [2.45, 2.75) is 329 Å². The highest BCUT2D eigenvalue weighted by molar-refractivity contribution is 5.82. The van der Waals surface area contributed by atoms with Crippen molar-refractivity contribution in [3.8, 4) is 0 Å². The van der Waals surface area contributed by atoms with Crippen LogP contribution < -0.4 is 0 Å². The molecule has 0 radical (unpaired) electrons. The molecule has 5 saturated carbocycles. The molecule has 11 rings (SSSR count). The first-order valence-electron chi connectivity index (χ1n) is 38.6. The smallest absolute Gasteiger partial charge is 0.330 e. The lowest BCUT2D eigenvalue weighted by Gasteiger charge is -2.49. The first-order valence-corrected chi connectivity index (χ1v) is 38.6. The van der Waals surface area contributed by atoms with Gasteiger partial charge in [0, 0.05) is 37.0 Å². The summed E-state index contributed by atoms with van der Waals surface area (Å²) in [6, 6.07) is 0. The van der Waals surface area contributed by atoms with Crippen LogP contribution in [0, 0.1) is 29.6 Å². The second-order valence-electron chi connectivity index (χ2n) is 31.6. The first kappa shape index (κ1) is 89.1. The van der Waals surface area contributed by atoms with Gasteiger partial charge in [0.1, 0.15) is 148 Å². The fraction of sp³-hybridized carbons (Fsp3) is 0.875. The molecular formula is C72H113O40+. The Hall–Kier alpha value is -3.73. The molecule has 0 spiro atoms. The Morgan fingerprint density at radius 3 is 1.05 bits per heavy atom. The Morgan fingerprint density at radius 1 is 0.312 bits per heavy atom. The molecule has 43 atom stereocenters. The summed E-state index contributed by atoms with van der Waals surface area (Å²) >= 11 is 0. The molecule has 24 N–H and O–H groups in total. The van der Waals surface area contributed by atoms with Gasteiger partial charge in [0.15, 0.2) is 43.7 Å². The molecule has 11 aliphatic rings. The molecule has 11 fully saturated rings. The van der Waals surface area contributed by atoms with Crippen LogP contribution in [-0.4, -0.2) is 406 Å². The van der Waals surface area contributed by atoms with Crippen molar-refractivity contribution >= 4 is 17.9 Å². The molecule has 0 aromatic carbocycles. The zero-order valence-electron chi connectivity index (χ0n) is 61.2. The number of hydrogen-bond donors (Lipinski definition) is 23. The van der Waals surface area contributed by atoms with Gasteiger partial charge < -0.3 is 184 Å². The third-order valence-electron chi connectivity index (χ3n) is 23.9. The van der Waals surface area contributed by atoms with Gasteiger partial charge >= 0.3 is 17.9 Å². The molecule has 18 unspecified atom stereocenters. The Balaban J connectivity index is 0.650. The van der Waals surface area contributed by atoms with Gasteiger partial charge in [0.2, 0.25) is 0 Å². The van der Waals surface area contributed by atoms with Crippen LogP contribution in [0.5, 0.6) is 0 Å². The summed E-state index contributed by atoms with van der Waals surface area (Å²) in [6.45, 7) is -3.38. The molecule has 40 heteroatoms. The summed E-state index contributed by atoms with van der Waals surface area (Å²) in [6.07, 6.45) is -45.6. The highest BCUT2D eigenvalue weighted by Gasteiger charge is 2.58. The largest absolute Gasteiger partial charge is 0.460 e. The van der Waals surface area contributed by atoms with E-state index in [9.17, 15) is 132 Å². The summed E-state index contributed by atoms with van der Waals surface area (Å²) in [4.78, 5) is 38.8. The van der Waals surface area contributed by atoms with Gasteiger partial charge in [-0.05, 0) is 101 Å². The van der Waals surface area contributed by atoms with Crippen LogP contribution in [0.4, 0.5) is 0 Å². The number of rotatable bonds is 25. The van der Waals surface area contributed by atoms with Gasteiger partial charge in [-0.1, -0.05) is 18.2 Å². The van der Waals surface area contributed by atoms with E-state index in [1.54, 1.807) is 0 Å². The molecule has 5 aliphatic carbocycles. The Morgan fingerprint density at radius 2 is 0.661 bits per heavy atom. The van der Waals surface area contributed by atoms with Gasteiger partial charge in [0.25, 0.3) is 0 Å². The lowest BCUT2D eigenvalue weighted by molar-refractivity contribution is -0.364. The van der Waals surface area contributed by atoms with Crippen LogP contribution >= 0.6 is 0 Å². The van der Waals surface area contributed by atoms with E-state index in [0.717, 1.165) is 18.2 Å². The van der Waals surface area contributed by atoms with Gasteiger partial charge in [-0.25, -0.2) is 14.4 Å². The van der Waals surface area contributed by atoms with Gasteiger partial charge in [-0.3, -0.25) is 0 Å². The van der Waals surface area contributed by atoms with Crippen LogP contribution in [0.2, 0.25) is 0 Å². The number of carbonyl (C=O) groups is 3. The van der Waals surface area contributed by atoms with E-state index < -0.39 is 302 Å². The minimum absolute atomic E-state index is 0.00305. The highest BCUT2D eigenvalue weighted by Crippen LogP contribution is 2.45. The van der Waals surface area contributed by atoms with E-state index in [1.165, 1.54) is 18.2 Å². The molecule has 112 heavy (non-hydrogen) atoms. The quantitative estimate of drug-likeness (QED) is 0.0175. The maximum absolute atomic E-state index is 13.2. The second kappa shape index (κ2) is 39.9. The summed E-state index contributed by atoms with van der Waals surface area (Å²) in [5.41, 5.74) is 0. The van der Waals surface area contributed by atoms with E-state index in [0.29, 0.717) is 19.3 Å². The normalized spacial score (nSPS) is 49.3. The molecule has 0 aromatic rings. The molecule has 6 aliphatic heterocycles. The fourth-order valence-electron chi connectivity index (χ4n) is 17.0. The van der Waals surface area contributed by atoms with Crippen molar-refractivity contribution in [2.75, 3.05) is 33.0 Å². The predicted molar refractivity (Wildman–Crippen MR) is 365 cm³/mol. The average Bonchev–Trinajstić information content (AvgIpc) is 0.764. The van der Waals surface area contributed by atoms with Crippen molar-refractivity contribution < 1.29 is 198 Å². The van der Waals surface area contributed by atoms with Crippen molar-refractivity contribution in [3.63, 3.8) is 0 Å². The SMILES string of the molecule is O=C(C=CC1CCC(O)C(O)C1)OC[C@H]1O[C@@H](OC2CC(O)C3CC(O[C@@H]4O[C@H](CO)[C@@H](O)[C@H](O)[C@H]4O)C(C4CCC(O)C(O[C@@H]5O[C@H](COC(=O)C=CC6CCC(O[C@@H]7O[C@H](COC(=O)C=CC8CCC(O[C@@H]9O[C@H](CO)[C@@H](O)[C@H](O)[C@H]9O)C(O)C8)[C@@H](O)[C@H](O)[C@H]7O)C(O)C6)[C@@H](O)[C@H](O)[C@H]5O)C4)[OH+]C3C2)[C@H](O)[C@@H](O)[C@@H]1O. The Kier molecular flexibility index (Phi) is 31.7. The first-order chi connectivity index (χ1) is 53.3. The lowest BCUT2D eigenvalue weighted by Crippen LogP contribution is -2.64. The topological polar surface area (TPSA) is 649 Å². The number of carbonyl (C=O) groups excluding carboxylic acids is 3. The van der Waals surface area contributed by atoms with E-state index in [-0.39, 0.29) is 88.9 Å². The molecular weight excluding hydrogens is 1500 g/mol. The Bertz CT molecular complexity index is 3060. The van der Waals surface area contributed by atoms with E-state index in [4.69, 9.17) is 66.3 Å². The summed E-state index contributed by atoms with van der Waals surface area (Å²) in [5.74, 6) is -5.05. The number of ether oxygens (including phenoxy) is 14. The van der Waals surface area contributed by atoms with Crippen LogP contribution in [0.15, 0.2) is 36.5 Å². The molecule has 0 aromatic heterocycles. The summed E-state index contributed by atoms with van der Waals surface area (Å²) < 4.78 is 80.3. The maximum Gasteiger partial charge on any atom is 0.330 e. The summed E-state index contributed by atoms with van der Waals surface area (Å²) in [5, 5.41) is 247. The van der Waals surface area contributed by atoms with E-state index >= 15 is 0 Å². The maximum atomic E-state index is 13.2. The minimum Gasteiger partial charge on any atom is -0.460 e. The van der Waals surface area contributed by atoms with Crippen molar-refractivity contribution in [3.05, 3.63) is 36.5 Å².